The normalized spacial score (nSPS) is 24.2. The second kappa shape index (κ2) is 5.65. The number of carbonyl (C=O) groups is 1. The summed E-state index contributed by atoms with van der Waals surface area (Å²) in [4.78, 5) is 12.0. The van der Waals surface area contributed by atoms with Gasteiger partial charge in [-0.1, -0.05) is 0 Å². The minimum Gasteiger partial charge on any atom is -0.326 e. The van der Waals surface area contributed by atoms with E-state index in [0.29, 0.717) is 24.3 Å². The Kier molecular flexibility index (Phi) is 3.86. The summed E-state index contributed by atoms with van der Waals surface area (Å²) in [7, 11) is -3.15. The van der Waals surface area contributed by atoms with Gasteiger partial charge in [0.1, 0.15) is 0 Å². The van der Waals surface area contributed by atoms with E-state index in [1.807, 2.05) is 0 Å². The number of nitrogens with zero attached hydrogens (tertiary/aromatic N) is 1. The minimum absolute atomic E-state index is 0.0153. The first-order valence-corrected chi connectivity index (χ1v) is 8.79. The summed E-state index contributed by atoms with van der Waals surface area (Å²) in [6.07, 6.45) is 1.52. The van der Waals surface area contributed by atoms with Crippen LogP contribution in [0, 0.1) is 5.92 Å². The molecule has 1 unspecified atom stereocenters. The molecular formula is C14H19N3O3S. The molecule has 2 aliphatic rings. The third-order valence-electron chi connectivity index (χ3n) is 3.95. The smallest absolute Gasteiger partial charge is 0.235 e. The van der Waals surface area contributed by atoms with Crippen molar-refractivity contribution >= 4 is 27.3 Å². The Morgan fingerprint density at radius 3 is 2.62 bits per heavy atom. The van der Waals surface area contributed by atoms with Crippen LogP contribution in [0.2, 0.25) is 0 Å². The Balaban J connectivity index is 1.68. The molecular weight excluding hydrogens is 290 g/mol. The van der Waals surface area contributed by atoms with Crippen molar-refractivity contribution in [2.75, 3.05) is 35.0 Å². The maximum Gasteiger partial charge on any atom is 0.235 e. The molecule has 2 heterocycles. The van der Waals surface area contributed by atoms with Gasteiger partial charge in [0.15, 0.2) is 0 Å². The molecule has 1 amide bonds. The lowest BCUT2D eigenvalue weighted by atomic mass is 10.1. The highest BCUT2D eigenvalue weighted by Gasteiger charge is 2.28. The number of carbonyl (C=O) groups excluding carboxylic acids is 1. The summed E-state index contributed by atoms with van der Waals surface area (Å²) in [5, 5.41) is 6.04. The average molecular weight is 309 g/mol. The predicted molar refractivity (Wildman–Crippen MR) is 81.8 cm³/mol. The molecule has 0 aromatic heterocycles. The Morgan fingerprint density at radius 2 is 2.05 bits per heavy atom. The van der Waals surface area contributed by atoms with Gasteiger partial charge in [0, 0.05) is 18.8 Å². The van der Waals surface area contributed by atoms with E-state index < -0.39 is 10.0 Å². The topological polar surface area (TPSA) is 78.5 Å². The van der Waals surface area contributed by atoms with Crippen LogP contribution < -0.4 is 14.9 Å². The first-order chi connectivity index (χ1) is 10.1. The van der Waals surface area contributed by atoms with E-state index in [0.717, 1.165) is 19.5 Å². The molecule has 3 rings (SSSR count). The maximum atomic E-state index is 12.0. The molecule has 1 aromatic rings. The fourth-order valence-corrected chi connectivity index (χ4v) is 4.33. The van der Waals surface area contributed by atoms with Crippen LogP contribution in [0.15, 0.2) is 24.3 Å². The first-order valence-electron chi connectivity index (χ1n) is 7.18. The van der Waals surface area contributed by atoms with E-state index in [9.17, 15) is 13.2 Å². The van der Waals surface area contributed by atoms with Crippen LogP contribution in [0.4, 0.5) is 11.4 Å². The molecule has 7 heteroatoms. The summed E-state index contributed by atoms with van der Waals surface area (Å²) in [5.74, 6) is 0.241. The number of rotatable bonds is 3. The van der Waals surface area contributed by atoms with Crippen LogP contribution in [0.5, 0.6) is 0 Å². The standard InChI is InChI=1S/C14H19N3O3S/c18-14(11-6-7-15-10-11)16-12-2-4-13(5-3-12)17-8-1-9-21(17,19)20/h2-5,11,15H,1,6-10H2,(H,16,18). The van der Waals surface area contributed by atoms with Crippen molar-refractivity contribution < 1.29 is 13.2 Å². The van der Waals surface area contributed by atoms with E-state index in [2.05, 4.69) is 10.6 Å². The van der Waals surface area contributed by atoms with Crippen molar-refractivity contribution in [3.63, 3.8) is 0 Å². The third kappa shape index (κ3) is 3.03. The second-order valence-corrected chi connectivity index (χ2v) is 7.48. The zero-order chi connectivity index (χ0) is 14.9. The van der Waals surface area contributed by atoms with Crippen LogP contribution in [0.3, 0.4) is 0 Å². The second-order valence-electron chi connectivity index (χ2n) is 5.47. The number of hydrogen-bond donors (Lipinski definition) is 2. The number of amides is 1. The van der Waals surface area contributed by atoms with Gasteiger partial charge in [-0.15, -0.1) is 0 Å². The van der Waals surface area contributed by atoms with Crippen LogP contribution in [-0.4, -0.2) is 39.7 Å². The summed E-state index contributed by atoms with van der Waals surface area (Å²) in [6.45, 7) is 2.13. The molecule has 6 nitrogen and oxygen atoms in total. The summed E-state index contributed by atoms with van der Waals surface area (Å²) in [6, 6.07) is 6.99. The Labute approximate surface area is 124 Å². The average Bonchev–Trinajstić information content (AvgIpc) is 3.09. The number of anilines is 2. The van der Waals surface area contributed by atoms with Crippen LogP contribution in [-0.2, 0) is 14.8 Å². The van der Waals surface area contributed by atoms with Gasteiger partial charge in [0.2, 0.25) is 15.9 Å². The van der Waals surface area contributed by atoms with Gasteiger partial charge >= 0.3 is 0 Å². The molecule has 0 spiro atoms. The lowest BCUT2D eigenvalue weighted by Crippen LogP contribution is -2.25. The molecule has 0 bridgehead atoms. The third-order valence-corrected chi connectivity index (χ3v) is 5.82. The zero-order valence-electron chi connectivity index (χ0n) is 11.7. The molecule has 2 N–H and O–H groups in total. The molecule has 1 aromatic carbocycles. The molecule has 1 atom stereocenters. The number of hydrogen-bond acceptors (Lipinski definition) is 4. The van der Waals surface area contributed by atoms with Gasteiger partial charge in [0.05, 0.1) is 17.4 Å². The highest BCUT2D eigenvalue weighted by atomic mass is 32.2. The van der Waals surface area contributed by atoms with Gasteiger partial charge in [0.25, 0.3) is 0 Å². The van der Waals surface area contributed by atoms with Crippen LogP contribution in [0.25, 0.3) is 0 Å². The molecule has 21 heavy (non-hydrogen) atoms. The lowest BCUT2D eigenvalue weighted by molar-refractivity contribution is -0.119. The van der Waals surface area contributed by atoms with E-state index >= 15 is 0 Å². The molecule has 114 valence electrons. The highest BCUT2D eigenvalue weighted by Crippen LogP contribution is 2.25. The van der Waals surface area contributed by atoms with Gasteiger partial charge < -0.3 is 10.6 Å². The van der Waals surface area contributed by atoms with Gasteiger partial charge in [-0.2, -0.15) is 0 Å². The van der Waals surface area contributed by atoms with Crippen molar-refractivity contribution in [2.45, 2.75) is 12.8 Å². The predicted octanol–water partition coefficient (Wildman–Crippen LogP) is 0.774. The SMILES string of the molecule is O=C(Nc1ccc(N2CCCS2(=O)=O)cc1)C1CCNC1. The lowest BCUT2D eigenvalue weighted by Gasteiger charge is -2.17. The van der Waals surface area contributed by atoms with E-state index in [1.165, 1.54) is 4.31 Å². The maximum absolute atomic E-state index is 12.0. The number of sulfonamides is 1. The highest BCUT2D eigenvalue weighted by molar-refractivity contribution is 7.93. The molecule has 2 aliphatic heterocycles. The van der Waals surface area contributed by atoms with Crippen molar-refractivity contribution in [1.29, 1.82) is 0 Å². The Morgan fingerprint density at radius 1 is 1.29 bits per heavy atom. The van der Waals surface area contributed by atoms with Crippen molar-refractivity contribution in [2.24, 2.45) is 5.92 Å². The van der Waals surface area contributed by atoms with Crippen molar-refractivity contribution in [1.82, 2.24) is 5.32 Å². The first kappa shape index (κ1) is 14.3. The monoisotopic (exact) mass is 309 g/mol. The van der Waals surface area contributed by atoms with Crippen LogP contribution >= 0.6 is 0 Å². The number of nitrogens with one attached hydrogen (secondary N) is 2. The molecule has 0 radical (unpaired) electrons. The van der Waals surface area contributed by atoms with E-state index in [4.69, 9.17) is 0 Å². The summed E-state index contributed by atoms with van der Waals surface area (Å²) >= 11 is 0. The van der Waals surface area contributed by atoms with Gasteiger partial charge in [-0.3, -0.25) is 9.10 Å². The Bertz CT molecular complexity index is 621. The quantitative estimate of drug-likeness (QED) is 0.864. The fourth-order valence-electron chi connectivity index (χ4n) is 2.76. The molecule has 2 saturated heterocycles. The molecule has 0 aliphatic carbocycles. The minimum atomic E-state index is -3.15. The summed E-state index contributed by atoms with van der Waals surface area (Å²) < 4.78 is 25.1. The van der Waals surface area contributed by atoms with Crippen molar-refractivity contribution in [3.8, 4) is 0 Å². The van der Waals surface area contributed by atoms with E-state index in [-0.39, 0.29) is 17.6 Å². The van der Waals surface area contributed by atoms with E-state index in [1.54, 1.807) is 24.3 Å². The zero-order valence-corrected chi connectivity index (χ0v) is 12.5. The fraction of sp³-hybridized carbons (Fsp3) is 0.500. The van der Waals surface area contributed by atoms with Gasteiger partial charge in [-0.05, 0) is 43.7 Å². The van der Waals surface area contributed by atoms with Gasteiger partial charge in [-0.25, -0.2) is 8.42 Å². The largest absolute Gasteiger partial charge is 0.326 e. The summed E-state index contributed by atoms with van der Waals surface area (Å²) in [5.41, 5.74) is 1.36. The number of benzene rings is 1. The van der Waals surface area contributed by atoms with Crippen LogP contribution in [0.1, 0.15) is 12.8 Å². The molecule has 2 fully saturated rings. The van der Waals surface area contributed by atoms with Crippen molar-refractivity contribution in [3.05, 3.63) is 24.3 Å². The molecule has 0 saturated carbocycles. The Hall–Kier alpha value is -1.60.